The quantitative estimate of drug-likeness (QED) is 0.529. The number of hydrogen-bond donors (Lipinski definition) is 1. The molecule has 0 radical (unpaired) electrons. The molecule has 0 bridgehead atoms. The number of hydrogen-bond acceptors (Lipinski definition) is 4. The van der Waals surface area contributed by atoms with Gasteiger partial charge in [0.2, 0.25) is 0 Å². The van der Waals surface area contributed by atoms with E-state index in [1.54, 1.807) is 6.07 Å². The molecule has 1 aliphatic heterocycles. The third-order valence-corrected chi connectivity index (χ3v) is 6.73. The van der Waals surface area contributed by atoms with Gasteiger partial charge in [-0.25, -0.2) is 0 Å². The third-order valence-electron chi connectivity index (χ3n) is 6.73. The van der Waals surface area contributed by atoms with E-state index in [-0.39, 0.29) is 17.7 Å². The highest BCUT2D eigenvalue weighted by Crippen LogP contribution is 2.32. The van der Waals surface area contributed by atoms with Gasteiger partial charge >= 0.3 is 0 Å². The van der Waals surface area contributed by atoms with Gasteiger partial charge < -0.3 is 10.0 Å². The number of phenolic OH excluding ortho intramolecular Hbond substituents is 1. The highest BCUT2D eigenvalue weighted by Gasteiger charge is 2.27. The molecule has 0 saturated carbocycles. The maximum absolute atomic E-state index is 12.8. The molecule has 0 spiro atoms. The third kappa shape index (κ3) is 5.66. The second-order valence-corrected chi connectivity index (χ2v) is 8.89. The van der Waals surface area contributed by atoms with Crippen LogP contribution in [0.3, 0.4) is 0 Å². The van der Waals surface area contributed by atoms with Gasteiger partial charge in [0, 0.05) is 51.4 Å². The molecule has 5 nitrogen and oxygen atoms in total. The summed E-state index contributed by atoms with van der Waals surface area (Å²) < 4.78 is 0. The molecule has 1 N–H and O–H groups in total. The fourth-order valence-corrected chi connectivity index (χ4v) is 4.83. The van der Waals surface area contributed by atoms with Crippen LogP contribution in [0.15, 0.2) is 78.9 Å². The fraction of sp³-hybridized carbons (Fsp3) is 0.345. The number of phenols is 1. The largest absolute Gasteiger partial charge is 0.508 e. The number of benzene rings is 3. The molecule has 5 heteroatoms. The summed E-state index contributed by atoms with van der Waals surface area (Å²) in [5.74, 6) is 0.346. The molecule has 0 aromatic heterocycles. The summed E-state index contributed by atoms with van der Waals surface area (Å²) in [7, 11) is 0. The Kier molecular flexibility index (Phi) is 7.99. The zero-order chi connectivity index (χ0) is 23.9. The second kappa shape index (κ2) is 11.3. The first kappa shape index (κ1) is 24.0. The van der Waals surface area contributed by atoms with Gasteiger partial charge in [-0.2, -0.15) is 0 Å². The predicted molar refractivity (Wildman–Crippen MR) is 137 cm³/mol. The van der Waals surface area contributed by atoms with Crippen molar-refractivity contribution in [2.75, 3.05) is 39.3 Å². The van der Waals surface area contributed by atoms with Crippen molar-refractivity contribution in [1.29, 1.82) is 0 Å². The van der Waals surface area contributed by atoms with E-state index in [2.05, 4.69) is 58.3 Å². The van der Waals surface area contributed by atoms with Gasteiger partial charge in [0.25, 0.3) is 5.91 Å². The van der Waals surface area contributed by atoms with E-state index in [1.807, 2.05) is 43.0 Å². The average Bonchev–Trinajstić information content (AvgIpc) is 2.87. The molecule has 4 rings (SSSR count). The number of carbonyl (C=O) groups is 1. The van der Waals surface area contributed by atoms with E-state index in [9.17, 15) is 9.90 Å². The molecule has 3 aromatic carbocycles. The van der Waals surface area contributed by atoms with Crippen molar-refractivity contribution in [2.45, 2.75) is 26.4 Å². The lowest BCUT2D eigenvalue weighted by molar-refractivity contribution is 0.0773. The molecule has 1 saturated heterocycles. The first-order chi connectivity index (χ1) is 16.6. The highest BCUT2D eigenvalue weighted by atomic mass is 16.3. The van der Waals surface area contributed by atoms with Gasteiger partial charge in [-0.15, -0.1) is 0 Å². The van der Waals surface area contributed by atoms with Crippen LogP contribution in [0.1, 0.15) is 46.9 Å². The van der Waals surface area contributed by atoms with Crippen LogP contribution in [0.2, 0.25) is 0 Å². The molecular formula is C29H35N3O2. The van der Waals surface area contributed by atoms with Crippen LogP contribution in [0.4, 0.5) is 0 Å². The highest BCUT2D eigenvalue weighted by molar-refractivity contribution is 5.94. The molecule has 1 heterocycles. The molecule has 1 atom stereocenters. The Balaban J connectivity index is 1.53. The zero-order valence-corrected chi connectivity index (χ0v) is 20.2. The van der Waals surface area contributed by atoms with E-state index in [0.29, 0.717) is 13.1 Å². The smallest absolute Gasteiger partial charge is 0.253 e. The topological polar surface area (TPSA) is 47.0 Å². The molecule has 1 amide bonds. The first-order valence-electron chi connectivity index (χ1n) is 12.3. The standard InChI is InChI=1S/C29H35N3O2/c1-3-31(4-2)29(34)25-15-13-24(14-16-25)28(26-11-8-12-27(33)21-26)32-19-17-30(18-20-32)22-23-9-6-5-7-10-23/h5-16,21,28,33H,3-4,17-20,22H2,1-2H3. The lowest BCUT2D eigenvalue weighted by atomic mass is 9.95. The molecule has 1 aliphatic rings. The number of nitrogens with zero attached hydrogens (tertiary/aromatic N) is 3. The predicted octanol–water partition coefficient (Wildman–Crippen LogP) is 4.78. The van der Waals surface area contributed by atoms with Crippen molar-refractivity contribution in [1.82, 2.24) is 14.7 Å². The zero-order valence-electron chi connectivity index (χ0n) is 20.2. The van der Waals surface area contributed by atoms with Crippen molar-refractivity contribution in [3.05, 3.63) is 101 Å². The van der Waals surface area contributed by atoms with Gasteiger partial charge in [0.15, 0.2) is 0 Å². The first-order valence-corrected chi connectivity index (χ1v) is 12.3. The van der Waals surface area contributed by atoms with Crippen molar-refractivity contribution >= 4 is 5.91 Å². The number of aromatic hydroxyl groups is 1. The maximum atomic E-state index is 12.8. The van der Waals surface area contributed by atoms with Crippen LogP contribution in [0, 0.1) is 0 Å². The number of piperazine rings is 1. The van der Waals surface area contributed by atoms with Crippen LogP contribution >= 0.6 is 0 Å². The number of carbonyl (C=O) groups excluding carboxylic acids is 1. The van der Waals surface area contributed by atoms with Crippen molar-refractivity contribution in [3.8, 4) is 5.75 Å². The SMILES string of the molecule is CCN(CC)C(=O)c1ccc(C(c2cccc(O)c2)N2CCN(Cc3ccccc3)CC2)cc1. The minimum atomic E-state index is 0.0311. The molecule has 34 heavy (non-hydrogen) atoms. The summed E-state index contributed by atoms with van der Waals surface area (Å²) in [6.07, 6.45) is 0. The molecule has 0 aliphatic carbocycles. The van der Waals surface area contributed by atoms with Crippen LogP contribution < -0.4 is 0 Å². The Morgan fingerprint density at radius 2 is 1.53 bits per heavy atom. The van der Waals surface area contributed by atoms with E-state index in [0.717, 1.165) is 49.4 Å². The van der Waals surface area contributed by atoms with Crippen molar-refractivity contribution < 1.29 is 9.90 Å². The summed E-state index contributed by atoms with van der Waals surface area (Å²) in [6.45, 7) is 10.2. The molecule has 1 unspecified atom stereocenters. The summed E-state index contributed by atoms with van der Waals surface area (Å²) in [5, 5.41) is 10.2. The van der Waals surface area contributed by atoms with Crippen LogP contribution in [-0.2, 0) is 6.54 Å². The lowest BCUT2D eigenvalue weighted by Crippen LogP contribution is -2.47. The number of amides is 1. The van der Waals surface area contributed by atoms with Crippen molar-refractivity contribution in [2.24, 2.45) is 0 Å². The Morgan fingerprint density at radius 1 is 0.853 bits per heavy atom. The fourth-order valence-electron chi connectivity index (χ4n) is 4.83. The normalized spacial score (nSPS) is 15.7. The lowest BCUT2D eigenvalue weighted by Gasteiger charge is -2.40. The minimum absolute atomic E-state index is 0.0311. The van der Waals surface area contributed by atoms with Gasteiger partial charge in [0.1, 0.15) is 5.75 Å². The Hall–Kier alpha value is -3.15. The van der Waals surface area contributed by atoms with E-state index in [4.69, 9.17) is 0 Å². The summed E-state index contributed by atoms with van der Waals surface area (Å²) >= 11 is 0. The summed E-state index contributed by atoms with van der Waals surface area (Å²) in [4.78, 5) is 19.6. The van der Waals surface area contributed by atoms with Gasteiger partial charge in [0.05, 0.1) is 6.04 Å². The van der Waals surface area contributed by atoms with Gasteiger partial charge in [-0.05, 0) is 54.8 Å². The monoisotopic (exact) mass is 457 g/mol. The maximum Gasteiger partial charge on any atom is 0.253 e. The Labute approximate surface area is 203 Å². The van der Waals surface area contributed by atoms with Crippen molar-refractivity contribution in [3.63, 3.8) is 0 Å². The number of rotatable bonds is 8. The second-order valence-electron chi connectivity index (χ2n) is 8.89. The van der Waals surface area contributed by atoms with E-state index < -0.39 is 0 Å². The molecule has 178 valence electrons. The summed E-state index contributed by atoms with van der Waals surface area (Å²) in [5.41, 5.74) is 4.27. The van der Waals surface area contributed by atoms with Crippen LogP contribution in [0.5, 0.6) is 5.75 Å². The van der Waals surface area contributed by atoms with Crippen LogP contribution in [-0.4, -0.2) is 65.0 Å². The molecular weight excluding hydrogens is 422 g/mol. The minimum Gasteiger partial charge on any atom is -0.508 e. The average molecular weight is 458 g/mol. The molecule has 1 fully saturated rings. The van der Waals surface area contributed by atoms with E-state index in [1.165, 1.54) is 5.56 Å². The van der Waals surface area contributed by atoms with Gasteiger partial charge in [-0.1, -0.05) is 54.6 Å². The molecule has 3 aromatic rings. The van der Waals surface area contributed by atoms with Crippen LogP contribution in [0.25, 0.3) is 0 Å². The van der Waals surface area contributed by atoms with Gasteiger partial charge in [-0.3, -0.25) is 14.6 Å². The Morgan fingerprint density at radius 3 is 2.15 bits per heavy atom. The summed E-state index contributed by atoms with van der Waals surface area (Å²) in [6, 6.07) is 26.2. The Bertz CT molecular complexity index is 1060. The van der Waals surface area contributed by atoms with E-state index >= 15 is 0 Å².